The molecule has 1 N–H and O–H groups in total. The van der Waals surface area contributed by atoms with E-state index in [0.717, 1.165) is 23.5 Å². The molecule has 2 fully saturated rings. The molecule has 0 spiro atoms. The Hall–Kier alpha value is -0.530. The lowest BCUT2D eigenvalue weighted by Gasteiger charge is -2.47. The third kappa shape index (κ3) is 2.36. The standard InChI is InChI=1S/C15H20ClN/c1-11-8-15(9-11,10-17-14-5-6-14)12-3-2-4-13(16)7-12/h2-4,7,11,14,17H,5-6,8-10H2,1H3. The Morgan fingerprint density at radius 3 is 2.71 bits per heavy atom. The highest BCUT2D eigenvalue weighted by atomic mass is 35.5. The van der Waals surface area contributed by atoms with E-state index in [1.165, 1.54) is 31.2 Å². The van der Waals surface area contributed by atoms with Gasteiger partial charge in [0.15, 0.2) is 0 Å². The maximum absolute atomic E-state index is 6.12. The van der Waals surface area contributed by atoms with Gasteiger partial charge in [0.2, 0.25) is 0 Å². The fourth-order valence-corrected chi connectivity index (χ4v) is 3.39. The van der Waals surface area contributed by atoms with Crippen molar-refractivity contribution < 1.29 is 0 Å². The van der Waals surface area contributed by atoms with Crippen LogP contribution < -0.4 is 5.32 Å². The summed E-state index contributed by atoms with van der Waals surface area (Å²) in [5.41, 5.74) is 1.78. The molecule has 92 valence electrons. The first-order valence-corrected chi connectivity index (χ1v) is 7.05. The van der Waals surface area contributed by atoms with E-state index >= 15 is 0 Å². The lowest BCUT2D eigenvalue weighted by atomic mass is 9.59. The summed E-state index contributed by atoms with van der Waals surface area (Å²) in [7, 11) is 0. The van der Waals surface area contributed by atoms with Crippen LogP contribution >= 0.6 is 11.6 Å². The molecule has 0 amide bonds. The zero-order chi connectivity index (χ0) is 11.9. The number of halogens is 1. The molecule has 3 rings (SSSR count). The Labute approximate surface area is 109 Å². The van der Waals surface area contributed by atoms with Crippen molar-refractivity contribution in [2.24, 2.45) is 5.92 Å². The molecule has 0 radical (unpaired) electrons. The minimum atomic E-state index is 0.354. The van der Waals surface area contributed by atoms with Gasteiger partial charge in [0.1, 0.15) is 0 Å². The van der Waals surface area contributed by atoms with Gasteiger partial charge in [-0.15, -0.1) is 0 Å². The summed E-state index contributed by atoms with van der Waals surface area (Å²) in [6, 6.07) is 9.24. The van der Waals surface area contributed by atoms with E-state index in [4.69, 9.17) is 11.6 Å². The van der Waals surface area contributed by atoms with Crippen molar-refractivity contribution in [3.63, 3.8) is 0 Å². The SMILES string of the molecule is CC1CC(CNC2CC2)(c2cccc(Cl)c2)C1. The Morgan fingerprint density at radius 2 is 2.12 bits per heavy atom. The Kier molecular flexibility index (Phi) is 2.92. The van der Waals surface area contributed by atoms with Crippen LogP contribution in [0.4, 0.5) is 0 Å². The van der Waals surface area contributed by atoms with Gasteiger partial charge in [-0.25, -0.2) is 0 Å². The first kappa shape index (κ1) is 11.6. The first-order valence-electron chi connectivity index (χ1n) is 6.67. The second-order valence-electron chi connectivity index (χ2n) is 5.96. The zero-order valence-electron chi connectivity index (χ0n) is 10.4. The molecule has 1 aromatic rings. The van der Waals surface area contributed by atoms with Crippen LogP contribution in [-0.2, 0) is 5.41 Å². The van der Waals surface area contributed by atoms with Gasteiger partial charge in [-0.05, 0) is 49.3 Å². The van der Waals surface area contributed by atoms with Crippen LogP contribution in [0, 0.1) is 5.92 Å². The van der Waals surface area contributed by atoms with Gasteiger partial charge in [0.05, 0.1) is 0 Å². The Morgan fingerprint density at radius 1 is 1.35 bits per heavy atom. The van der Waals surface area contributed by atoms with Crippen molar-refractivity contribution in [3.8, 4) is 0 Å². The molecule has 0 aliphatic heterocycles. The van der Waals surface area contributed by atoms with Crippen molar-refractivity contribution >= 4 is 11.6 Å². The van der Waals surface area contributed by atoms with Crippen molar-refractivity contribution in [1.29, 1.82) is 0 Å². The van der Waals surface area contributed by atoms with E-state index in [0.29, 0.717) is 5.41 Å². The van der Waals surface area contributed by atoms with Crippen molar-refractivity contribution in [1.82, 2.24) is 5.32 Å². The Balaban J connectivity index is 1.78. The van der Waals surface area contributed by atoms with Crippen LogP contribution in [0.3, 0.4) is 0 Å². The number of nitrogens with one attached hydrogen (secondary N) is 1. The second-order valence-corrected chi connectivity index (χ2v) is 6.40. The minimum Gasteiger partial charge on any atom is -0.313 e. The van der Waals surface area contributed by atoms with Crippen LogP contribution in [-0.4, -0.2) is 12.6 Å². The molecule has 17 heavy (non-hydrogen) atoms. The molecular weight excluding hydrogens is 230 g/mol. The third-order valence-corrected chi connectivity index (χ3v) is 4.46. The molecule has 0 unspecified atom stereocenters. The third-order valence-electron chi connectivity index (χ3n) is 4.22. The largest absolute Gasteiger partial charge is 0.313 e. The quantitative estimate of drug-likeness (QED) is 0.857. The first-order chi connectivity index (χ1) is 8.18. The lowest BCUT2D eigenvalue weighted by Crippen LogP contribution is -2.48. The van der Waals surface area contributed by atoms with Crippen molar-refractivity contribution in [3.05, 3.63) is 34.9 Å². The highest BCUT2D eigenvalue weighted by Gasteiger charge is 2.43. The predicted molar refractivity (Wildman–Crippen MR) is 72.6 cm³/mol. The smallest absolute Gasteiger partial charge is 0.0408 e. The average Bonchev–Trinajstić information content (AvgIpc) is 3.06. The molecule has 2 saturated carbocycles. The molecule has 1 aromatic carbocycles. The lowest BCUT2D eigenvalue weighted by molar-refractivity contribution is 0.152. The molecule has 1 nitrogen and oxygen atoms in total. The summed E-state index contributed by atoms with van der Waals surface area (Å²) in [4.78, 5) is 0. The summed E-state index contributed by atoms with van der Waals surface area (Å²) in [5, 5.41) is 4.56. The van der Waals surface area contributed by atoms with Crippen LogP contribution in [0.2, 0.25) is 5.02 Å². The summed E-state index contributed by atoms with van der Waals surface area (Å²) in [5.74, 6) is 0.856. The molecule has 0 bridgehead atoms. The predicted octanol–water partition coefficient (Wildman–Crippen LogP) is 3.76. The molecule has 0 atom stereocenters. The number of hydrogen-bond donors (Lipinski definition) is 1. The van der Waals surface area contributed by atoms with Gasteiger partial charge < -0.3 is 5.32 Å². The van der Waals surface area contributed by atoms with E-state index < -0.39 is 0 Å². The van der Waals surface area contributed by atoms with Crippen LogP contribution in [0.25, 0.3) is 0 Å². The summed E-state index contributed by atoms with van der Waals surface area (Å²) >= 11 is 6.12. The van der Waals surface area contributed by atoms with E-state index in [1.54, 1.807) is 0 Å². The minimum absolute atomic E-state index is 0.354. The van der Waals surface area contributed by atoms with E-state index in [-0.39, 0.29) is 0 Å². The van der Waals surface area contributed by atoms with Gasteiger partial charge in [0, 0.05) is 23.0 Å². The maximum Gasteiger partial charge on any atom is 0.0408 e. The summed E-state index contributed by atoms with van der Waals surface area (Å²) in [6.07, 6.45) is 5.32. The highest BCUT2D eigenvalue weighted by Crippen LogP contribution is 2.48. The van der Waals surface area contributed by atoms with Gasteiger partial charge in [-0.1, -0.05) is 30.7 Å². The molecule has 2 aliphatic carbocycles. The highest BCUT2D eigenvalue weighted by molar-refractivity contribution is 6.30. The maximum atomic E-state index is 6.12. The van der Waals surface area contributed by atoms with Crippen LogP contribution in [0.15, 0.2) is 24.3 Å². The monoisotopic (exact) mass is 249 g/mol. The van der Waals surface area contributed by atoms with Gasteiger partial charge in [0.25, 0.3) is 0 Å². The molecule has 0 heterocycles. The van der Waals surface area contributed by atoms with Crippen LogP contribution in [0.5, 0.6) is 0 Å². The van der Waals surface area contributed by atoms with E-state index in [2.05, 4.69) is 30.4 Å². The number of rotatable bonds is 4. The molecule has 2 aliphatic rings. The van der Waals surface area contributed by atoms with Gasteiger partial charge in [-0.3, -0.25) is 0 Å². The van der Waals surface area contributed by atoms with E-state index in [1.807, 2.05) is 6.07 Å². The summed E-state index contributed by atoms with van der Waals surface area (Å²) < 4.78 is 0. The number of hydrogen-bond acceptors (Lipinski definition) is 1. The van der Waals surface area contributed by atoms with Crippen molar-refractivity contribution in [2.45, 2.75) is 44.1 Å². The van der Waals surface area contributed by atoms with Crippen LogP contribution in [0.1, 0.15) is 38.2 Å². The fourth-order valence-electron chi connectivity index (χ4n) is 3.20. The molecule has 0 saturated heterocycles. The molecule has 0 aromatic heterocycles. The number of benzene rings is 1. The van der Waals surface area contributed by atoms with E-state index in [9.17, 15) is 0 Å². The summed E-state index contributed by atoms with van der Waals surface area (Å²) in [6.45, 7) is 3.47. The van der Waals surface area contributed by atoms with Crippen molar-refractivity contribution in [2.75, 3.05) is 6.54 Å². The molecular formula is C15H20ClN. The fraction of sp³-hybridized carbons (Fsp3) is 0.600. The zero-order valence-corrected chi connectivity index (χ0v) is 11.1. The average molecular weight is 250 g/mol. The normalized spacial score (nSPS) is 32.2. The van der Waals surface area contributed by atoms with Gasteiger partial charge in [-0.2, -0.15) is 0 Å². The topological polar surface area (TPSA) is 12.0 Å². The van der Waals surface area contributed by atoms with Gasteiger partial charge >= 0.3 is 0 Å². The molecule has 2 heteroatoms. The second kappa shape index (κ2) is 4.29. The Bertz CT molecular complexity index is 405.